The average Bonchev–Trinajstić information content (AvgIpc) is 1.98. The van der Waals surface area contributed by atoms with Crippen molar-refractivity contribution in [2.75, 3.05) is 6.54 Å². The summed E-state index contributed by atoms with van der Waals surface area (Å²) in [5.74, 6) is 0. The van der Waals surface area contributed by atoms with Crippen LogP contribution in [-0.2, 0) is 0 Å². The van der Waals surface area contributed by atoms with Gasteiger partial charge in [-0.1, -0.05) is 18.5 Å². The molecule has 0 saturated heterocycles. The molecule has 0 bridgehead atoms. The van der Waals surface area contributed by atoms with Gasteiger partial charge in [0, 0.05) is 0 Å². The van der Waals surface area contributed by atoms with E-state index in [4.69, 9.17) is 5.73 Å². The van der Waals surface area contributed by atoms with Crippen LogP contribution in [0.5, 0.6) is 0 Å². The topological polar surface area (TPSA) is 55.4 Å². The Kier molecular flexibility index (Phi) is 6.38. The maximum absolute atomic E-state index is 10.1. The molecule has 0 fully saturated rings. The van der Waals surface area contributed by atoms with E-state index in [1.54, 1.807) is 0 Å². The number of rotatable bonds is 6. The zero-order valence-electron chi connectivity index (χ0n) is 6.55. The van der Waals surface area contributed by atoms with Crippen molar-refractivity contribution in [2.24, 2.45) is 10.9 Å². The molecule has 0 aromatic rings. The van der Waals surface area contributed by atoms with Crippen LogP contribution in [-0.4, -0.2) is 12.6 Å². The van der Waals surface area contributed by atoms with E-state index >= 15 is 0 Å². The molecule has 1 unspecified atom stereocenters. The van der Waals surface area contributed by atoms with E-state index in [1.165, 1.54) is 0 Å². The third kappa shape index (κ3) is 4.44. The van der Waals surface area contributed by atoms with Gasteiger partial charge in [0.1, 0.15) is 0 Å². The van der Waals surface area contributed by atoms with Crippen LogP contribution in [0.2, 0.25) is 0 Å². The molecule has 0 aliphatic heterocycles. The molecule has 3 nitrogen and oxygen atoms in total. The normalized spacial score (nSPS) is 13.0. The Balaban J connectivity index is 3.29. The molecular weight excluding hydrogens is 128 g/mol. The second-order valence-electron chi connectivity index (χ2n) is 2.48. The first-order valence-corrected chi connectivity index (χ1v) is 3.87. The van der Waals surface area contributed by atoms with Crippen LogP contribution in [0.1, 0.15) is 32.6 Å². The second-order valence-corrected chi connectivity index (χ2v) is 2.48. The molecule has 3 heteroatoms. The number of hydrogen-bond acceptors (Lipinski definition) is 3. The molecule has 0 rings (SSSR count). The van der Waals surface area contributed by atoms with Crippen LogP contribution in [0.15, 0.2) is 5.18 Å². The highest BCUT2D eigenvalue weighted by molar-refractivity contribution is 4.64. The molecule has 0 saturated carbocycles. The Bertz CT molecular complexity index is 85.7. The molecule has 1 atom stereocenters. The molecule has 0 aliphatic rings. The molecule has 0 aliphatic carbocycles. The standard InChI is InChI=1S/C7H16N2O/c1-2-4-7(9-10)5-3-6-8/h7H,2-6,8H2,1H3. The van der Waals surface area contributed by atoms with E-state index in [-0.39, 0.29) is 6.04 Å². The minimum atomic E-state index is 0.00792. The molecule has 0 aromatic heterocycles. The summed E-state index contributed by atoms with van der Waals surface area (Å²) < 4.78 is 0. The SMILES string of the molecule is CCCC(CCCN)N=O. The first-order valence-electron chi connectivity index (χ1n) is 3.87. The van der Waals surface area contributed by atoms with E-state index in [0.717, 1.165) is 25.7 Å². The Morgan fingerprint density at radius 1 is 1.50 bits per heavy atom. The summed E-state index contributed by atoms with van der Waals surface area (Å²) >= 11 is 0. The summed E-state index contributed by atoms with van der Waals surface area (Å²) in [5, 5.41) is 3.01. The Morgan fingerprint density at radius 2 is 2.20 bits per heavy atom. The summed E-state index contributed by atoms with van der Waals surface area (Å²) in [5.41, 5.74) is 5.28. The fourth-order valence-corrected chi connectivity index (χ4v) is 0.936. The molecule has 0 radical (unpaired) electrons. The van der Waals surface area contributed by atoms with Gasteiger partial charge in [0.15, 0.2) is 0 Å². The van der Waals surface area contributed by atoms with Crippen LogP contribution in [0.4, 0.5) is 0 Å². The van der Waals surface area contributed by atoms with Gasteiger partial charge in [-0.25, -0.2) is 0 Å². The van der Waals surface area contributed by atoms with Crippen molar-refractivity contribution in [3.8, 4) is 0 Å². The summed E-state index contributed by atoms with van der Waals surface area (Å²) in [7, 11) is 0. The van der Waals surface area contributed by atoms with Gasteiger partial charge in [-0.05, 0) is 25.8 Å². The lowest BCUT2D eigenvalue weighted by Gasteiger charge is -2.04. The van der Waals surface area contributed by atoms with Gasteiger partial charge in [-0.3, -0.25) is 0 Å². The Labute approximate surface area is 62.0 Å². The maximum Gasteiger partial charge on any atom is 0.0920 e. The highest BCUT2D eigenvalue weighted by atomic mass is 16.3. The van der Waals surface area contributed by atoms with Gasteiger partial charge in [0.25, 0.3) is 0 Å². The van der Waals surface area contributed by atoms with Gasteiger partial charge in [0.2, 0.25) is 0 Å². The second kappa shape index (κ2) is 6.68. The third-order valence-corrected chi connectivity index (χ3v) is 1.51. The van der Waals surface area contributed by atoms with Gasteiger partial charge in [0.05, 0.1) is 6.04 Å². The smallest absolute Gasteiger partial charge is 0.0920 e. The van der Waals surface area contributed by atoms with E-state index in [0.29, 0.717) is 6.54 Å². The van der Waals surface area contributed by atoms with Crippen molar-refractivity contribution in [1.29, 1.82) is 0 Å². The van der Waals surface area contributed by atoms with E-state index in [2.05, 4.69) is 12.1 Å². The summed E-state index contributed by atoms with van der Waals surface area (Å²) in [6.45, 7) is 2.72. The Morgan fingerprint density at radius 3 is 2.60 bits per heavy atom. The van der Waals surface area contributed by atoms with Crippen molar-refractivity contribution >= 4 is 0 Å². The summed E-state index contributed by atoms with van der Waals surface area (Å²) in [6, 6.07) is 0.00792. The Hall–Kier alpha value is -0.440. The van der Waals surface area contributed by atoms with Crippen LogP contribution >= 0.6 is 0 Å². The molecule has 0 amide bonds. The van der Waals surface area contributed by atoms with Gasteiger partial charge < -0.3 is 5.73 Å². The van der Waals surface area contributed by atoms with Gasteiger partial charge >= 0.3 is 0 Å². The molecule has 0 spiro atoms. The van der Waals surface area contributed by atoms with Gasteiger partial charge in [-0.15, -0.1) is 0 Å². The fraction of sp³-hybridized carbons (Fsp3) is 1.00. The lowest BCUT2D eigenvalue weighted by atomic mass is 10.1. The number of nitrogens with two attached hydrogens (primary N) is 1. The van der Waals surface area contributed by atoms with Crippen molar-refractivity contribution in [1.82, 2.24) is 0 Å². The minimum Gasteiger partial charge on any atom is -0.330 e. The monoisotopic (exact) mass is 144 g/mol. The van der Waals surface area contributed by atoms with Crippen LogP contribution < -0.4 is 5.73 Å². The molecule has 0 aromatic carbocycles. The zero-order valence-corrected chi connectivity index (χ0v) is 6.55. The quantitative estimate of drug-likeness (QED) is 0.576. The molecular formula is C7H16N2O. The lowest BCUT2D eigenvalue weighted by Crippen LogP contribution is -2.07. The average molecular weight is 144 g/mol. The number of hydrogen-bond donors (Lipinski definition) is 1. The highest BCUT2D eigenvalue weighted by Gasteiger charge is 2.04. The van der Waals surface area contributed by atoms with Crippen LogP contribution in [0.25, 0.3) is 0 Å². The van der Waals surface area contributed by atoms with Crippen LogP contribution in [0.3, 0.4) is 0 Å². The number of nitroso groups, excluding NO2 is 1. The fourth-order valence-electron chi connectivity index (χ4n) is 0.936. The van der Waals surface area contributed by atoms with Crippen molar-refractivity contribution in [2.45, 2.75) is 38.6 Å². The largest absolute Gasteiger partial charge is 0.330 e. The first-order chi connectivity index (χ1) is 4.85. The molecule has 2 N–H and O–H groups in total. The van der Waals surface area contributed by atoms with E-state index in [9.17, 15) is 4.91 Å². The van der Waals surface area contributed by atoms with Crippen LogP contribution in [0, 0.1) is 4.91 Å². The predicted octanol–water partition coefficient (Wildman–Crippen LogP) is 1.66. The zero-order chi connectivity index (χ0) is 7.82. The maximum atomic E-state index is 10.1. The molecule has 60 valence electrons. The van der Waals surface area contributed by atoms with E-state index in [1.807, 2.05) is 0 Å². The first kappa shape index (κ1) is 9.56. The predicted molar refractivity (Wildman–Crippen MR) is 42.8 cm³/mol. The van der Waals surface area contributed by atoms with E-state index < -0.39 is 0 Å². The third-order valence-electron chi connectivity index (χ3n) is 1.51. The minimum absolute atomic E-state index is 0.00792. The summed E-state index contributed by atoms with van der Waals surface area (Å²) in [4.78, 5) is 10.1. The highest BCUT2D eigenvalue weighted by Crippen LogP contribution is 2.07. The van der Waals surface area contributed by atoms with Crippen molar-refractivity contribution in [3.63, 3.8) is 0 Å². The summed E-state index contributed by atoms with van der Waals surface area (Å²) in [6.07, 6.45) is 3.70. The molecule has 10 heavy (non-hydrogen) atoms. The van der Waals surface area contributed by atoms with Crippen molar-refractivity contribution in [3.05, 3.63) is 4.91 Å². The van der Waals surface area contributed by atoms with Gasteiger partial charge in [-0.2, -0.15) is 4.91 Å². The molecule has 0 heterocycles. The lowest BCUT2D eigenvalue weighted by molar-refractivity contribution is 0.542. The number of nitrogens with zero attached hydrogens (tertiary/aromatic N) is 1. The van der Waals surface area contributed by atoms with Crippen molar-refractivity contribution < 1.29 is 0 Å².